The van der Waals surface area contributed by atoms with E-state index in [0.29, 0.717) is 17.2 Å². The Morgan fingerprint density at radius 1 is 1.00 bits per heavy atom. The predicted molar refractivity (Wildman–Crippen MR) is 81.4 cm³/mol. The van der Waals surface area contributed by atoms with Crippen molar-refractivity contribution in [3.63, 3.8) is 0 Å². The van der Waals surface area contributed by atoms with Gasteiger partial charge >= 0.3 is 0 Å². The van der Waals surface area contributed by atoms with Gasteiger partial charge in [-0.2, -0.15) is 0 Å². The van der Waals surface area contributed by atoms with Gasteiger partial charge in [-0.25, -0.2) is 12.4 Å². The molecule has 0 unspecified atom stereocenters. The lowest BCUT2D eigenvalue weighted by Gasteiger charge is -2.09. The zero-order valence-corrected chi connectivity index (χ0v) is 12.3. The molecule has 3 aromatic rings. The van der Waals surface area contributed by atoms with Crippen molar-refractivity contribution in [2.45, 2.75) is 4.90 Å². The summed E-state index contributed by atoms with van der Waals surface area (Å²) >= 11 is 6.17. The van der Waals surface area contributed by atoms with E-state index in [1.54, 1.807) is 36.4 Å². The SMILES string of the molecule is O=Cc1ccc2ccn(S(=O)(=O)c3ccccc3)c2c1Cl. The van der Waals surface area contributed by atoms with Crippen LogP contribution in [0.1, 0.15) is 10.4 Å². The van der Waals surface area contributed by atoms with Crippen molar-refractivity contribution < 1.29 is 13.2 Å². The van der Waals surface area contributed by atoms with Gasteiger partial charge in [0.15, 0.2) is 6.29 Å². The van der Waals surface area contributed by atoms with Crippen LogP contribution in [0.5, 0.6) is 0 Å². The molecule has 0 saturated heterocycles. The number of nitrogens with zero attached hydrogens (tertiary/aromatic N) is 1. The summed E-state index contributed by atoms with van der Waals surface area (Å²) in [6.45, 7) is 0. The smallest absolute Gasteiger partial charge is 0.268 e. The van der Waals surface area contributed by atoms with Gasteiger partial charge in [0, 0.05) is 17.1 Å². The number of hydrogen-bond donors (Lipinski definition) is 0. The van der Waals surface area contributed by atoms with Crippen LogP contribution in [0.2, 0.25) is 5.02 Å². The number of halogens is 1. The number of benzene rings is 2. The highest BCUT2D eigenvalue weighted by molar-refractivity contribution is 7.90. The van der Waals surface area contributed by atoms with Crippen LogP contribution >= 0.6 is 11.6 Å². The van der Waals surface area contributed by atoms with Gasteiger partial charge in [-0.15, -0.1) is 0 Å². The average molecular weight is 320 g/mol. The maximum absolute atomic E-state index is 12.7. The number of carbonyl (C=O) groups is 1. The van der Waals surface area contributed by atoms with Crippen molar-refractivity contribution in [2.24, 2.45) is 0 Å². The van der Waals surface area contributed by atoms with E-state index in [1.807, 2.05) is 0 Å². The number of aromatic nitrogens is 1. The summed E-state index contributed by atoms with van der Waals surface area (Å²) in [4.78, 5) is 11.1. The first-order valence-electron chi connectivity index (χ1n) is 6.11. The van der Waals surface area contributed by atoms with Gasteiger partial charge in [0.2, 0.25) is 0 Å². The first-order valence-corrected chi connectivity index (χ1v) is 7.93. The zero-order chi connectivity index (χ0) is 15.0. The second-order valence-electron chi connectivity index (χ2n) is 4.45. The summed E-state index contributed by atoms with van der Waals surface area (Å²) < 4.78 is 26.5. The van der Waals surface area contributed by atoms with Crippen LogP contribution in [0, 0.1) is 0 Å². The molecule has 106 valence electrons. The molecule has 0 amide bonds. The Bertz CT molecular complexity index is 930. The molecule has 0 saturated carbocycles. The molecule has 0 aliphatic rings. The molecule has 0 N–H and O–H groups in total. The first-order chi connectivity index (χ1) is 10.1. The minimum atomic E-state index is -3.75. The quantitative estimate of drug-likeness (QED) is 0.696. The average Bonchev–Trinajstić information content (AvgIpc) is 2.94. The lowest BCUT2D eigenvalue weighted by Crippen LogP contribution is -2.12. The van der Waals surface area contributed by atoms with Gasteiger partial charge in [-0.3, -0.25) is 4.79 Å². The van der Waals surface area contributed by atoms with Gasteiger partial charge in [0.25, 0.3) is 10.0 Å². The van der Waals surface area contributed by atoms with Gasteiger partial charge in [0.05, 0.1) is 15.4 Å². The highest BCUT2D eigenvalue weighted by Gasteiger charge is 2.20. The number of hydrogen-bond acceptors (Lipinski definition) is 3. The Balaban J connectivity index is 2.34. The molecule has 0 aliphatic carbocycles. The van der Waals surface area contributed by atoms with Gasteiger partial charge in [-0.1, -0.05) is 35.9 Å². The fourth-order valence-corrected chi connectivity index (χ4v) is 3.92. The number of rotatable bonds is 3. The molecule has 0 bridgehead atoms. The van der Waals surface area contributed by atoms with Crippen molar-refractivity contribution in [1.29, 1.82) is 0 Å². The van der Waals surface area contributed by atoms with Crippen LogP contribution in [0.4, 0.5) is 0 Å². The maximum atomic E-state index is 12.7. The van der Waals surface area contributed by atoms with Crippen LogP contribution < -0.4 is 0 Å². The van der Waals surface area contributed by atoms with E-state index < -0.39 is 10.0 Å². The third kappa shape index (κ3) is 2.14. The van der Waals surface area contributed by atoms with E-state index >= 15 is 0 Å². The van der Waals surface area contributed by atoms with Crippen molar-refractivity contribution in [1.82, 2.24) is 3.97 Å². The van der Waals surface area contributed by atoms with Crippen LogP contribution in [0.25, 0.3) is 10.9 Å². The van der Waals surface area contributed by atoms with E-state index in [9.17, 15) is 13.2 Å². The highest BCUT2D eigenvalue weighted by Crippen LogP contribution is 2.30. The summed E-state index contributed by atoms with van der Waals surface area (Å²) in [5, 5.41) is 0.789. The minimum absolute atomic E-state index is 0.131. The van der Waals surface area contributed by atoms with Crippen molar-refractivity contribution in [2.75, 3.05) is 0 Å². The maximum Gasteiger partial charge on any atom is 0.268 e. The Hall–Kier alpha value is -2.11. The molecule has 0 atom stereocenters. The van der Waals surface area contributed by atoms with Gasteiger partial charge in [-0.05, 0) is 24.3 Å². The molecule has 0 aliphatic heterocycles. The Kier molecular flexibility index (Phi) is 3.31. The highest BCUT2D eigenvalue weighted by atomic mass is 35.5. The number of carbonyl (C=O) groups excluding carboxylic acids is 1. The molecule has 3 rings (SSSR count). The minimum Gasteiger partial charge on any atom is -0.298 e. The summed E-state index contributed by atoms with van der Waals surface area (Å²) in [6.07, 6.45) is 2.04. The first kappa shape index (κ1) is 13.9. The second kappa shape index (κ2) is 5.02. The van der Waals surface area contributed by atoms with Gasteiger partial charge in [0.1, 0.15) is 0 Å². The zero-order valence-electron chi connectivity index (χ0n) is 10.7. The van der Waals surface area contributed by atoms with E-state index in [1.165, 1.54) is 18.3 Å². The molecule has 0 radical (unpaired) electrons. The molecular weight excluding hydrogens is 310 g/mol. The van der Waals surface area contributed by atoms with E-state index in [2.05, 4.69) is 0 Å². The summed E-state index contributed by atoms with van der Waals surface area (Å²) in [5.74, 6) is 0. The van der Waals surface area contributed by atoms with Crippen LogP contribution in [0.15, 0.2) is 59.6 Å². The lowest BCUT2D eigenvalue weighted by atomic mass is 10.2. The monoisotopic (exact) mass is 319 g/mol. The number of fused-ring (bicyclic) bond motifs is 1. The lowest BCUT2D eigenvalue weighted by molar-refractivity contribution is 0.112. The fourth-order valence-electron chi connectivity index (χ4n) is 2.17. The molecule has 1 aromatic heterocycles. The molecule has 0 fully saturated rings. The van der Waals surface area contributed by atoms with E-state index in [4.69, 9.17) is 11.6 Å². The molecule has 6 heteroatoms. The third-order valence-corrected chi connectivity index (χ3v) is 5.30. The largest absolute Gasteiger partial charge is 0.298 e. The van der Waals surface area contributed by atoms with Crippen molar-refractivity contribution in [3.05, 3.63) is 65.3 Å². The van der Waals surface area contributed by atoms with E-state index in [-0.39, 0.29) is 15.5 Å². The van der Waals surface area contributed by atoms with Gasteiger partial charge < -0.3 is 0 Å². The standard InChI is InChI=1S/C15H10ClNO3S/c16-14-12(10-18)7-6-11-8-9-17(15(11)14)21(19,20)13-4-2-1-3-5-13/h1-10H. The fraction of sp³-hybridized carbons (Fsp3) is 0. The normalized spacial score (nSPS) is 11.7. The summed E-state index contributed by atoms with van der Waals surface area (Å²) in [7, 11) is -3.75. The molecule has 21 heavy (non-hydrogen) atoms. The molecule has 0 spiro atoms. The van der Waals surface area contributed by atoms with Crippen molar-refractivity contribution in [3.8, 4) is 0 Å². The molecule has 4 nitrogen and oxygen atoms in total. The number of aldehydes is 1. The molecule has 2 aromatic carbocycles. The van der Waals surface area contributed by atoms with Crippen LogP contribution in [-0.2, 0) is 10.0 Å². The van der Waals surface area contributed by atoms with E-state index in [0.717, 1.165) is 3.97 Å². The third-order valence-electron chi connectivity index (χ3n) is 3.21. The van der Waals surface area contributed by atoms with Crippen molar-refractivity contribution >= 4 is 38.8 Å². The Labute approximate surface area is 126 Å². The second-order valence-corrected chi connectivity index (χ2v) is 6.65. The predicted octanol–water partition coefficient (Wildman–Crippen LogP) is 3.34. The molecule has 1 heterocycles. The Morgan fingerprint density at radius 3 is 2.38 bits per heavy atom. The van der Waals surface area contributed by atoms with Crippen LogP contribution in [0.3, 0.4) is 0 Å². The van der Waals surface area contributed by atoms with Crippen LogP contribution in [-0.4, -0.2) is 18.7 Å². The Morgan fingerprint density at radius 2 is 1.71 bits per heavy atom. The summed E-state index contributed by atoms with van der Waals surface area (Å²) in [6, 6.07) is 12.9. The molecular formula is C15H10ClNO3S. The summed E-state index contributed by atoms with van der Waals surface area (Å²) in [5.41, 5.74) is 0.567. The topological polar surface area (TPSA) is 56.1 Å².